The van der Waals surface area contributed by atoms with Crippen molar-refractivity contribution in [2.45, 2.75) is 27.3 Å². The molecule has 25 heavy (non-hydrogen) atoms. The van der Waals surface area contributed by atoms with Crippen LogP contribution in [0.5, 0.6) is 0 Å². The van der Waals surface area contributed by atoms with Gasteiger partial charge < -0.3 is 15.0 Å². The van der Waals surface area contributed by atoms with E-state index in [1.807, 2.05) is 23.8 Å². The van der Waals surface area contributed by atoms with E-state index < -0.39 is 5.97 Å². The molecule has 0 aliphatic rings. The number of esters is 1. The summed E-state index contributed by atoms with van der Waals surface area (Å²) in [7, 11) is 1.66. The van der Waals surface area contributed by atoms with E-state index >= 15 is 0 Å². The fraction of sp³-hybridized carbons (Fsp3) is 0.353. The van der Waals surface area contributed by atoms with Crippen molar-refractivity contribution in [1.29, 1.82) is 0 Å². The van der Waals surface area contributed by atoms with Crippen LogP contribution in [0, 0.1) is 13.8 Å². The number of aryl methyl sites for hydroxylation is 1. The molecule has 0 aliphatic heterocycles. The van der Waals surface area contributed by atoms with Crippen molar-refractivity contribution in [2.75, 3.05) is 19.0 Å². The Hall–Kier alpha value is -2.19. The van der Waals surface area contributed by atoms with Crippen LogP contribution in [0.4, 0.5) is 5.00 Å². The van der Waals surface area contributed by atoms with Crippen molar-refractivity contribution in [3.05, 3.63) is 38.4 Å². The first-order valence-electron chi connectivity index (χ1n) is 7.59. The molecule has 134 valence electrons. The number of thiophene rings is 2. The van der Waals surface area contributed by atoms with E-state index in [-0.39, 0.29) is 18.4 Å². The lowest BCUT2D eigenvalue weighted by Gasteiger charge is -2.16. The summed E-state index contributed by atoms with van der Waals surface area (Å²) in [4.78, 5) is 38.3. The lowest BCUT2D eigenvalue weighted by atomic mass is 10.1. The van der Waals surface area contributed by atoms with Gasteiger partial charge in [-0.1, -0.05) is 0 Å². The molecule has 0 radical (unpaired) electrons. The first-order valence-corrected chi connectivity index (χ1v) is 9.35. The van der Waals surface area contributed by atoms with E-state index in [1.165, 1.54) is 23.2 Å². The highest BCUT2D eigenvalue weighted by Gasteiger charge is 2.23. The van der Waals surface area contributed by atoms with Gasteiger partial charge in [-0.2, -0.15) is 11.3 Å². The molecule has 0 spiro atoms. The molecule has 0 saturated heterocycles. The van der Waals surface area contributed by atoms with Gasteiger partial charge in [-0.05, 0) is 41.8 Å². The summed E-state index contributed by atoms with van der Waals surface area (Å²) < 4.78 is 5.17. The molecule has 2 heterocycles. The quantitative estimate of drug-likeness (QED) is 0.781. The van der Waals surface area contributed by atoms with Gasteiger partial charge in [0.25, 0.3) is 5.91 Å². The molecular weight excluding hydrogens is 360 g/mol. The molecule has 0 saturated carbocycles. The molecule has 0 atom stereocenters. The molecule has 0 aliphatic carbocycles. The van der Waals surface area contributed by atoms with Crippen molar-refractivity contribution < 1.29 is 19.1 Å². The van der Waals surface area contributed by atoms with Crippen molar-refractivity contribution in [3.63, 3.8) is 0 Å². The van der Waals surface area contributed by atoms with Crippen LogP contribution in [0.1, 0.15) is 33.3 Å². The molecule has 2 rings (SSSR count). The lowest BCUT2D eigenvalue weighted by molar-refractivity contribution is -0.133. The smallest absolute Gasteiger partial charge is 0.341 e. The number of likely N-dealkylation sites (N-methyl/N-ethyl adjacent to an activating group) is 1. The third kappa shape index (κ3) is 4.90. The molecule has 8 heteroatoms. The summed E-state index contributed by atoms with van der Waals surface area (Å²) in [6, 6.07) is 1.94. The third-order valence-electron chi connectivity index (χ3n) is 3.63. The van der Waals surface area contributed by atoms with Crippen LogP contribution < -0.4 is 5.32 Å². The SMILES string of the molecule is CC(=O)Nc1sc(C)c(C)c1C(=O)OCC(=O)N(C)Cc1ccsc1. The van der Waals surface area contributed by atoms with Crippen LogP contribution in [0.15, 0.2) is 16.8 Å². The fourth-order valence-electron chi connectivity index (χ4n) is 2.17. The maximum Gasteiger partial charge on any atom is 0.341 e. The lowest BCUT2D eigenvalue weighted by Crippen LogP contribution is -2.30. The predicted molar refractivity (Wildman–Crippen MR) is 99.2 cm³/mol. The van der Waals surface area contributed by atoms with Crippen LogP contribution in [0.2, 0.25) is 0 Å². The highest BCUT2D eigenvalue weighted by atomic mass is 32.1. The fourth-order valence-corrected chi connectivity index (χ4v) is 3.93. The van der Waals surface area contributed by atoms with Gasteiger partial charge in [0.2, 0.25) is 5.91 Å². The zero-order chi connectivity index (χ0) is 18.6. The number of hydrogen-bond donors (Lipinski definition) is 1. The largest absolute Gasteiger partial charge is 0.452 e. The van der Waals surface area contributed by atoms with E-state index in [4.69, 9.17) is 4.74 Å². The second-order valence-corrected chi connectivity index (χ2v) is 7.63. The minimum absolute atomic E-state index is 0.262. The van der Waals surface area contributed by atoms with E-state index in [0.29, 0.717) is 17.1 Å². The Balaban J connectivity index is 2.00. The number of carbonyl (C=O) groups excluding carboxylic acids is 3. The average Bonchev–Trinajstić information content (AvgIpc) is 3.13. The predicted octanol–water partition coefficient (Wildman–Crippen LogP) is 3.20. The van der Waals surface area contributed by atoms with Crippen LogP contribution in [-0.2, 0) is 20.9 Å². The molecule has 6 nitrogen and oxygen atoms in total. The minimum atomic E-state index is -0.608. The molecule has 2 aromatic rings. The first kappa shape index (κ1) is 19.1. The number of carbonyl (C=O) groups is 3. The van der Waals surface area contributed by atoms with Crippen LogP contribution >= 0.6 is 22.7 Å². The number of nitrogens with one attached hydrogen (secondary N) is 1. The topological polar surface area (TPSA) is 75.7 Å². The first-order chi connectivity index (χ1) is 11.8. The standard InChI is InChI=1S/C17H20N2O4S2/c1-10-11(2)25-16(18-12(3)20)15(10)17(22)23-8-14(21)19(4)7-13-5-6-24-9-13/h5-6,9H,7-8H2,1-4H3,(H,18,20). The van der Waals surface area contributed by atoms with E-state index in [2.05, 4.69) is 5.32 Å². The van der Waals surface area contributed by atoms with Crippen molar-refractivity contribution in [3.8, 4) is 0 Å². The van der Waals surface area contributed by atoms with Gasteiger partial charge in [0.1, 0.15) is 5.00 Å². The maximum absolute atomic E-state index is 12.4. The van der Waals surface area contributed by atoms with Gasteiger partial charge >= 0.3 is 5.97 Å². The second kappa shape index (κ2) is 8.26. The summed E-state index contributed by atoms with van der Waals surface area (Å²) in [5.74, 6) is -1.16. The number of anilines is 1. The highest BCUT2D eigenvalue weighted by molar-refractivity contribution is 7.16. The van der Waals surface area contributed by atoms with Crippen LogP contribution in [-0.4, -0.2) is 36.3 Å². The zero-order valence-corrected chi connectivity index (χ0v) is 16.2. The number of hydrogen-bond acceptors (Lipinski definition) is 6. The van der Waals surface area contributed by atoms with Gasteiger partial charge in [0.05, 0.1) is 5.56 Å². The monoisotopic (exact) mass is 380 g/mol. The number of ether oxygens (including phenoxy) is 1. The van der Waals surface area contributed by atoms with Gasteiger partial charge in [0.15, 0.2) is 6.61 Å². The van der Waals surface area contributed by atoms with Crippen molar-refractivity contribution >= 4 is 45.5 Å². The third-order valence-corrected chi connectivity index (χ3v) is 5.49. The summed E-state index contributed by atoms with van der Waals surface area (Å²) in [5, 5.41) is 7.00. The molecule has 0 unspecified atom stereocenters. The Kier molecular flexibility index (Phi) is 6.33. The Morgan fingerprint density at radius 3 is 2.60 bits per heavy atom. The van der Waals surface area contributed by atoms with Gasteiger partial charge in [-0.3, -0.25) is 9.59 Å². The van der Waals surface area contributed by atoms with Crippen molar-refractivity contribution in [1.82, 2.24) is 4.90 Å². The van der Waals surface area contributed by atoms with E-state index in [9.17, 15) is 14.4 Å². The normalized spacial score (nSPS) is 10.4. The summed E-state index contributed by atoms with van der Waals surface area (Å²) in [5.41, 5.74) is 2.09. The van der Waals surface area contributed by atoms with Gasteiger partial charge in [-0.15, -0.1) is 11.3 Å². The highest BCUT2D eigenvalue weighted by Crippen LogP contribution is 2.32. The van der Waals surface area contributed by atoms with E-state index in [1.54, 1.807) is 25.3 Å². The molecule has 2 aromatic heterocycles. The number of amides is 2. The minimum Gasteiger partial charge on any atom is -0.452 e. The van der Waals surface area contributed by atoms with Gasteiger partial charge in [-0.25, -0.2) is 4.79 Å². The molecule has 1 N–H and O–H groups in total. The van der Waals surface area contributed by atoms with Crippen molar-refractivity contribution in [2.24, 2.45) is 0 Å². The summed E-state index contributed by atoms with van der Waals surface area (Å²) >= 11 is 2.88. The molecular formula is C17H20N2O4S2. The number of rotatable bonds is 6. The number of nitrogens with zero attached hydrogens (tertiary/aromatic N) is 1. The average molecular weight is 380 g/mol. The molecule has 0 fully saturated rings. The Morgan fingerprint density at radius 2 is 2.00 bits per heavy atom. The molecule has 0 aromatic carbocycles. The van der Waals surface area contributed by atoms with Crippen LogP contribution in [0.25, 0.3) is 0 Å². The van der Waals surface area contributed by atoms with E-state index in [0.717, 1.165) is 16.0 Å². The molecule has 0 bridgehead atoms. The van der Waals surface area contributed by atoms with Crippen LogP contribution in [0.3, 0.4) is 0 Å². The summed E-state index contributed by atoms with van der Waals surface area (Å²) in [6.45, 7) is 5.16. The summed E-state index contributed by atoms with van der Waals surface area (Å²) in [6.07, 6.45) is 0. The Bertz CT molecular complexity index is 781. The Labute approximate surface area is 154 Å². The Morgan fingerprint density at radius 1 is 1.28 bits per heavy atom. The second-order valence-electron chi connectivity index (χ2n) is 5.63. The maximum atomic E-state index is 12.4. The zero-order valence-electron chi connectivity index (χ0n) is 14.5. The molecule has 2 amide bonds. The van der Waals surface area contributed by atoms with Gasteiger partial charge in [0, 0.05) is 25.4 Å².